The van der Waals surface area contributed by atoms with Crippen molar-refractivity contribution in [3.8, 4) is 0 Å². The van der Waals surface area contributed by atoms with E-state index < -0.39 is 9.84 Å². The molecule has 4 rings (SSSR count). The number of aromatic nitrogens is 2. The number of benzene rings is 1. The molecule has 8 heteroatoms. The van der Waals surface area contributed by atoms with Crippen LogP contribution in [-0.2, 0) is 16.3 Å². The van der Waals surface area contributed by atoms with E-state index >= 15 is 0 Å². The predicted octanol–water partition coefficient (Wildman–Crippen LogP) is 2.13. The molecule has 2 aromatic heterocycles. The molecule has 3 heterocycles. The number of anilines is 1. The minimum Gasteiger partial charge on any atom is -0.383 e. The smallest absolute Gasteiger partial charge is 0.270 e. The van der Waals surface area contributed by atoms with Crippen LogP contribution in [-0.4, -0.2) is 48.4 Å². The van der Waals surface area contributed by atoms with E-state index in [1.165, 1.54) is 10.9 Å². The fourth-order valence-corrected chi connectivity index (χ4v) is 5.15. The number of amides is 1. The summed E-state index contributed by atoms with van der Waals surface area (Å²) >= 11 is 0. The van der Waals surface area contributed by atoms with Crippen LogP contribution < -0.4 is 10.6 Å². The van der Waals surface area contributed by atoms with Gasteiger partial charge >= 0.3 is 0 Å². The first-order valence-electron chi connectivity index (χ1n) is 9.26. The van der Waals surface area contributed by atoms with E-state index in [1.807, 2.05) is 24.4 Å². The van der Waals surface area contributed by atoms with Crippen LogP contribution in [0.4, 0.5) is 5.69 Å². The van der Waals surface area contributed by atoms with Crippen molar-refractivity contribution in [2.75, 3.05) is 23.4 Å². The van der Waals surface area contributed by atoms with E-state index in [4.69, 9.17) is 0 Å². The quantitative estimate of drug-likeness (QED) is 0.590. The van der Waals surface area contributed by atoms with Crippen molar-refractivity contribution in [3.05, 3.63) is 60.0 Å². The second-order valence-electron chi connectivity index (χ2n) is 7.04. The summed E-state index contributed by atoms with van der Waals surface area (Å²) in [7, 11) is -3.02. The molecule has 1 saturated heterocycles. The lowest BCUT2D eigenvalue weighted by Gasteiger charge is -2.11. The van der Waals surface area contributed by atoms with Crippen molar-refractivity contribution in [3.63, 3.8) is 0 Å². The van der Waals surface area contributed by atoms with Crippen molar-refractivity contribution in [2.24, 2.45) is 0 Å². The fraction of sp³-hybridized carbons (Fsp3) is 0.300. The van der Waals surface area contributed by atoms with Crippen molar-refractivity contribution >= 4 is 32.3 Å². The zero-order chi connectivity index (χ0) is 19.6. The minimum atomic E-state index is -3.02. The summed E-state index contributed by atoms with van der Waals surface area (Å²) in [5.41, 5.74) is 3.49. The fourth-order valence-electron chi connectivity index (χ4n) is 3.48. The summed E-state index contributed by atoms with van der Waals surface area (Å²) in [6.45, 7) is 0.745. The molecule has 7 nitrogen and oxygen atoms in total. The topological polar surface area (TPSA) is 104 Å². The maximum Gasteiger partial charge on any atom is 0.270 e. The van der Waals surface area contributed by atoms with Gasteiger partial charge in [0.2, 0.25) is 0 Å². The number of carbonyl (C=O) groups is 1. The second kappa shape index (κ2) is 7.63. The molecule has 1 aliphatic heterocycles. The van der Waals surface area contributed by atoms with E-state index in [0.717, 1.165) is 24.2 Å². The van der Waals surface area contributed by atoms with Gasteiger partial charge in [0.25, 0.3) is 5.91 Å². The highest BCUT2D eigenvalue weighted by molar-refractivity contribution is 7.91. The number of sulfone groups is 1. The molecule has 1 aromatic carbocycles. The number of nitrogens with one attached hydrogen (secondary N) is 3. The first kappa shape index (κ1) is 18.5. The third-order valence-electron chi connectivity index (χ3n) is 4.96. The first-order valence-corrected chi connectivity index (χ1v) is 11.1. The molecular weight excluding hydrogens is 376 g/mol. The molecule has 1 aliphatic rings. The third kappa shape index (κ3) is 4.17. The summed E-state index contributed by atoms with van der Waals surface area (Å²) in [6, 6.07) is 11.3. The Hall–Kier alpha value is -2.87. The van der Waals surface area contributed by atoms with Crippen molar-refractivity contribution in [1.82, 2.24) is 15.3 Å². The van der Waals surface area contributed by atoms with E-state index in [2.05, 4.69) is 32.7 Å². The molecule has 1 atom stereocenters. The number of H-pyrrole nitrogens is 1. The largest absolute Gasteiger partial charge is 0.383 e. The van der Waals surface area contributed by atoms with Crippen LogP contribution in [0.25, 0.3) is 10.9 Å². The molecule has 3 N–H and O–H groups in total. The molecule has 1 unspecified atom stereocenters. The Labute approximate surface area is 163 Å². The highest BCUT2D eigenvalue weighted by Gasteiger charge is 2.29. The summed E-state index contributed by atoms with van der Waals surface area (Å²) in [6.07, 6.45) is 4.97. The van der Waals surface area contributed by atoms with Gasteiger partial charge in [-0.2, -0.15) is 0 Å². The number of para-hydroxylation sites is 1. The zero-order valence-corrected chi connectivity index (χ0v) is 16.1. The summed E-state index contributed by atoms with van der Waals surface area (Å²) in [5.74, 6) is -0.205. The normalized spacial score (nSPS) is 18.2. The third-order valence-corrected chi connectivity index (χ3v) is 6.73. The highest BCUT2D eigenvalue weighted by atomic mass is 32.2. The summed E-state index contributed by atoms with van der Waals surface area (Å²) in [4.78, 5) is 19.7. The molecule has 0 radical (unpaired) electrons. The molecule has 3 aromatic rings. The average molecular weight is 398 g/mol. The van der Waals surface area contributed by atoms with E-state index in [9.17, 15) is 13.2 Å². The van der Waals surface area contributed by atoms with Crippen LogP contribution >= 0.6 is 0 Å². The highest BCUT2D eigenvalue weighted by Crippen LogP contribution is 2.18. The van der Waals surface area contributed by atoms with Crippen LogP contribution in [0, 0.1) is 0 Å². The van der Waals surface area contributed by atoms with Gasteiger partial charge in [-0.3, -0.25) is 4.79 Å². The maximum absolute atomic E-state index is 12.2. The van der Waals surface area contributed by atoms with Crippen LogP contribution in [0.5, 0.6) is 0 Å². The molecule has 0 bridgehead atoms. The number of nitrogens with zero attached hydrogens (tertiary/aromatic N) is 1. The van der Waals surface area contributed by atoms with E-state index in [-0.39, 0.29) is 29.1 Å². The zero-order valence-electron chi connectivity index (χ0n) is 15.3. The number of aromatic amines is 1. The Morgan fingerprint density at radius 3 is 2.82 bits per heavy atom. The lowest BCUT2D eigenvalue weighted by molar-refractivity contribution is 0.0936. The molecule has 1 fully saturated rings. The minimum absolute atomic E-state index is 0.00617. The standard InChI is InChI=1S/C20H22N4O3S/c25-20(24-16-8-10-28(26,27)13-16)19-6-5-15(12-23-19)21-9-7-14-11-22-18-4-2-1-3-17(14)18/h1-6,11-12,16,21-22H,7-10,13H2,(H,24,25). The van der Waals surface area contributed by atoms with Crippen LogP contribution in [0.2, 0.25) is 0 Å². The van der Waals surface area contributed by atoms with Gasteiger partial charge in [-0.05, 0) is 36.6 Å². The summed E-state index contributed by atoms with van der Waals surface area (Å²) in [5, 5.41) is 7.28. The van der Waals surface area contributed by atoms with Gasteiger partial charge in [-0.15, -0.1) is 0 Å². The van der Waals surface area contributed by atoms with E-state index in [1.54, 1.807) is 12.3 Å². The van der Waals surface area contributed by atoms with Crippen LogP contribution in [0.1, 0.15) is 22.5 Å². The van der Waals surface area contributed by atoms with Gasteiger partial charge in [0.05, 0.1) is 23.4 Å². The maximum atomic E-state index is 12.2. The molecule has 0 aliphatic carbocycles. The van der Waals surface area contributed by atoms with Gasteiger partial charge < -0.3 is 15.6 Å². The SMILES string of the molecule is O=C(NC1CCS(=O)(=O)C1)c1ccc(NCCc2c[nH]c3ccccc23)cn1. The number of rotatable bonds is 6. The van der Waals surface area contributed by atoms with Crippen LogP contribution in [0.3, 0.4) is 0 Å². The van der Waals surface area contributed by atoms with Gasteiger partial charge in [-0.25, -0.2) is 13.4 Å². The average Bonchev–Trinajstić information content (AvgIpc) is 3.25. The second-order valence-corrected chi connectivity index (χ2v) is 9.27. The molecule has 0 spiro atoms. The van der Waals surface area contributed by atoms with Crippen molar-refractivity contribution < 1.29 is 13.2 Å². The monoisotopic (exact) mass is 398 g/mol. The van der Waals surface area contributed by atoms with Gasteiger partial charge in [0.1, 0.15) is 5.69 Å². The first-order chi connectivity index (χ1) is 13.5. The molecule has 146 valence electrons. The molecule has 28 heavy (non-hydrogen) atoms. The lowest BCUT2D eigenvalue weighted by atomic mass is 10.1. The number of hydrogen-bond acceptors (Lipinski definition) is 5. The number of carbonyl (C=O) groups excluding carboxylic acids is 1. The Morgan fingerprint density at radius 1 is 1.21 bits per heavy atom. The van der Waals surface area contributed by atoms with Gasteiger partial charge in [0, 0.05) is 29.7 Å². The van der Waals surface area contributed by atoms with Crippen molar-refractivity contribution in [1.29, 1.82) is 0 Å². The number of pyridine rings is 1. The Kier molecular flexibility index (Phi) is 5.04. The van der Waals surface area contributed by atoms with Crippen LogP contribution in [0.15, 0.2) is 48.8 Å². The Morgan fingerprint density at radius 2 is 2.07 bits per heavy atom. The number of fused-ring (bicyclic) bond motifs is 1. The number of hydrogen-bond donors (Lipinski definition) is 3. The predicted molar refractivity (Wildman–Crippen MR) is 109 cm³/mol. The molecular formula is C20H22N4O3S. The Bertz CT molecular complexity index is 1090. The molecule has 1 amide bonds. The molecule has 0 saturated carbocycles. The van der Waals surface area contributed by atoms with Crippen molar-refractivity contribution in [2.45, 2.75) is 18.9 Å². The summed E-state index contributed by atoms with van der Waals surface area (Å²) < 4.78 is 23.0. The van der Waals surface area contributed by atoms with E-state index in [0.29, 0.717) is 6.42 Å². The van der Waals surface area contributed by atoms with Gasteiger partial charge in [0.15, 0.2) is 9.84 Å². The lowest BCUT2D eigenvalue weighted by Crippen LogP contribution is -2.36. The van der Waals surface area contributed by atoms with Gasteiger partial charge in [-0.1, -0.05) is 18.2 Å². The Balaban J connectivity index is 1.30.